The number of alkyl halides is 3. The molecular formula is C22H26F3O12S-. The zero-order chi connectivity index (χ0) is 28.0. The van der Waals surface area contributed by atoms with Gasteiger partial charge in [-0.05, 0) is 32.1 Å². The fraction of sp³-hybridized carbons (Fsp3) is 0.818. The molecular weight excluding hydrogens is 545 g/mol. The van der Waals surface area contributed by atoms with E-state index in [1.54, 1.807) is 0 Å². The summed E-state index contributed by atoms with van der Waals surface area (Å²) in [5.74, 6) is -5.64. The van der Waals surface area contributed by atoms with Gasteiger partial charge in [0.05, 0.1) is 12.8 Å². The Labute approximate surface area is 215 Å². The van der Waals surface area contributed by atoms with Crippen LogP contribution in [0.1, 0.15) is 51.9 Å². The van der Waals surface area contributed by atoms with Crippen molar-refractivity contribution in [3.05, 3.63) is 0 Å². The minimum Gasteiger partial charge on any atom is -0.743 e. The predicted octanol–water partition coefficient (Wildman–Crippen LogP) is 0.902. The third-order valence-electron chi connectivity index (χ3n) is 7.54. The quantitative estimate of drug-likeness (QED) is 0.195. The van der Waals surface area contributed by atoms with Crippen LogP contribution in [0, 0.1) is 11.8 Å². The molecule has 38 heavy (non-hydrogen) atoms. The van der Waals surface area contributed by atoms with Crippen LogP contribution in [0.3, 0.4) is 0 Å². The summed E-state index contributed by atoms with van der Waals surface area (Å²) in [4.78, 5) is 49.7. The Bertz CT molecular complexity index is 1090. The monoisotopic (exact) mass is 571 g/mol. The average Bonchev–Trinajstić information content (AvgIpc) is 3.59. The van der Waals surface area contributed by atoms with E-state index in [4.69, 9.17) is 18.9 Å². The third kappa shape index (κ3) is 5.09. The highest BCUT2D eigenvalue weighted by atomic mass is 32.2. The highest BCUT2D eigenvalue weighted by Gasteiger charge is 2.72. The normalized spacial score (nSPS) is 32.1. The second-order valence-electron chi connectivity index (χ2n) is 9.80. The largest absolute Gasteiger partial charge is 0.743 e. The first-order valence-electron chi connectivity index (χ1n) is 12.1. The zero-order valence-corrected chi connectivity index (χ0v) is 21.0. The summed E-state index contributed by atoms with van der Waals surface area (Å²) < 4.78 is 97.2. The van der Waals surface area contributed by atoms with Crippen molar-refractivity contribution in [2.45, 2.75) is 93.3 Å². The van der Waals surface area contributed by atoms with Gasteiger partial charge >= 0.3 is 29.1 Å². The summed E-state index contributed by atoms with van der Waals surface area (Å²) in [7, 11) is -6.33. The molecule has 3 aliphatic heterocycles. The van der Waals surface area contributed by atoms with Crippen molar-refractivity contribution < 1.29 is 69.0 Å². The minimum atomic E-state index is -6.33. The lowest BCUT2D eigenvalue weighted by atomic mass is 9.78. The third-order valence-corrected chi connectivity index (χ3v) is 8.47. The van der Waals surface area contributed by atoms with E-state index in [2.05, 4.69) is 4.74 Å². The number of ether oxygens (including phenoxy) is 5. The molecule has 1 saturated carbocycles. The van der Waals surface area contributed by atoms with Crippen molar-refractivity contribution >= 4 is 34.0 Å². The number of hydrogen-bond donors (Lipinski definition) is 0. The highest BCUT2D eigenvalue weighted by molar-refractivity contribution is 7.86. The van der Waals surface area contributed by atoms with Crippen molar-refractivity contribution in [2.24, 2.45) is 11.8 Å². The smallest absolute Gasteiger partial charge is 0.368 e. The molecule has 0 N–H and O–H groups in total. The molecule has 4 aliphatic rings. The van der Waals surface area contributed by atoms with Gasteiger partial charge < -0.3 is 28.2 Å². The first-order chi connectivity index (χ1) is 17.7. The van der Waals surface area contributed by atoms with Gasteiger partial charge in [-0.1, -0.05) is 6.92 Å². The van der Waals surface area contributed by atoms with Crippen LogP contribution in [-0.4, -0.2) is 84.9 Å². The van der Waals surface area contributed by atoms with Gasteiger partial charge in [0.25, 0.3) is 0 Å². The van der Waals surface area contributed by atoms with E-state index >= 15 is 0 Å². The SMILES string of the molecule is CCC1(OC(=O)C2C3OC4C(OC(=O)C42)C3OC(=O)CCC(=O)OCC(F)C(F)(F)S(=O)(=O)[O-])CCCC1. The Kier molecular flexibility index (Phi) is 7.71. The molecule has 214 valence electrons. The molecule has 0 amide bonds. The number of carbonyl (C=O) groups is 4. The Morgan fingerprint density at radius 2 is 1.76 bits per heavy atom. The maximum Gasteiger partial charge on any atom is 0.368 e. The Morgan fingerprint density at radius 3 is 2.37 bits per heavy atom. The van der Waals surface area contributed by atoms with Crippen molar-refractivity contribution in [3.63, 3.8) is 0 Å². The highest BCUT2D eigenvalue weighted by Crippen LogP contribution is 2.52. The summed E-state index contributed by atoms with van der Waals surface area (Å²) in [5, 5.41) is -5.31. The van der Waals surface area contributed by atoms with Crippen LogP contribution >= 0.6 is 0 Å². The molecule has 0 radical (unpaired) electrons. The maximum absolute atomic E-state index is 13.4. The fourth-order valence-electron chi connectivity index (χ4n) is 5.47. The van der Waals surface area contributed by atoms with E-state index in [1.807, 2.05) is 6.92 Å². The molecule has 16 heteroatoms. The molecule has 4 rings (SSSR count). The molecule has 2 bridgehead atoms. The van der Waals surface area contributed by atoms with E-state index in [0.29, 0.717) is 19.3 Å². The van der Waals surface area contributed by atoms with Gasteiger partial charge in [0.15, 0.2) is 22.3 Å². The summed E-state index contributed by atoms with van der Waals surface area (Å²) >= 11 is 0. The van der Waals surface area contributed by atoms with E-state index in [-0.39, 0.29) is 0 Å². The first-order valence-corrected chi connectivity index (χ1v) is 13.5. The molecule has 0 spiro atoms. The number of carbonyl (C=O) groups excluding carboxylic acids is 4. The number of hydrogen-bond acceptors (Lipinski definition) is 12. The van der Waals surface area contributed by atoms with E-state index in [0.717, 1.165) is 12.8 Å². The van der Waals surface area contributed by atoms with Gasteiger partial charge in [0, 0.05) is 0 Å². The van der Waals surface area contributed by atoms with Gasteiger partial charge in [-0.15, -0.1) is 0 Å². The molecule has 0 aromatic heterocycles. The Balaban J connectivity index is 1.31. The molecule has 4 fully saturated rings. The van der Waals surface area contributed by atoms with Crippen LogP contribution in [0.15, 0.2) is 0 Å². The molecule has 7 atom stereocenters. The number of esters is 4. The van der Waals surface area contributed by atoms with E-state index < -0.39 is 107 Å². The van der Waals surface area contributed by atoms with Crippen LogP contribution in [-0.2, 0) is 53.0 Å². The van der Waals surface area contributed by atoms with Gasteiger partial charge in [-0.25, -0.2) is 12.8 Å². The lowest BCUT2D eigenvalue weighted by Crippen LogP contribution is -2.49. The number of halogens is 3. The Hall–Kier alpha value is -2.46. The van der Waals surface area contributed by atoms with Crippen LogP contribution < -0.4 is 0 Å². The van der Waals surface area contributed by atoms with Crippen molar-refractivity contribution in [2.75, 3.05) is 6.61 Å². The van der Waals surface area contributed by atoms with Crippen molar-refractivity contribution in [1.82, 2.24) is 0 Å². The van der Waals surface area contributed by atoms with Crippen molar-refractivity contribution in [3.8, 4) is 0 Å². The van der Waals surface area contributed by atoms with Crippen LogP contribution in [0.4, 0.5) is 13.2 Å². The molecule has 0 aromatic carbocycles. The Morgan fingerprint density at radius 1 is 1.13 bits per heavy atom. The second-order valence-corrected chi connectivity index (χ2v) is 11.3. The molecule has 1 aliphatic carbocycles. The number of rotatable bonds is 11. The van der Waals surface area contributed by atoms with Gasteiger partial charge in [0.1, 0.15) is 36.3 Å². The molecule has 3 saturated heterocycles. The second kappa shape index (κ2) is 10.3. The summed E-state index contributed by atoms with van der Waals surface area (Å²) in [6, 6.07) is 0. The average molecular weight is 571 g/mol. The molecule has 7 unspecified atom stereocenters. The van der Waals surface area contributed by atoms with Crippen LogP contribution in [0.2, 0.25) is 0 Å². The minimum absolute atomic E-state index is 0.597. The van der Waals surface area contributed by atoms with Crippen LogP contribution in [0.25, 0.3) is 0 Å². The number of fused-ring (bicyclic) bond motifs is 1. The zero-order valence-electron chi connectivity index (χ0n) is 20.1. The summed E-state index contributed by atoms with van der Waals surface area (Å²) in [5.41, 5.74) is -0.631. The van der Waals surface area contributed by atoms with Gasteiger partial charge in [-0.3, -0.25) is 19.2 Å². The lowest BCUT2D eigenvalue weighted by Gasteiger charge is -2.32. The standard InChI is InChI=1S/C22H27F3O12S/c1-2-21(7-3-4-8-21)37-20(29)14-13-15-18(36-19(13)28)17(16(14)35-15)34-12(27)6-5-11(26)33-9-10(23)22(24,25)38(30,31)32/h10,13-18H,2-9H2,1H3,(H,30,31,32)/p-1. The summed E-state index contributed by atoms with van der Waals surface area (Å²) in [6.45, 7) is 0.168. The predicted molar refractivity (Wildman–Crippen MR) is 113 cm³/mol. The topological polar surface area (TPSA) is 172 Å². The molecule has 3 heterocycles. The molecule has 0 aromatic rings. The van der Waals surface area contributed by atoms with Gasteiger partial charge in [-0.2, -0.15) is 8.78 Å². The van der Waals surface area contributed by atoms with Crippen molar-refractivity contribution in [1.29, 1.82) is 0 Å². The van der Waals surface area contributed by atoms with E-state index in [1.165, 1.54) is 0 Å². The summed E-state index contributed by atoms with van der Waals surface area (Å²) in [6.07, 6.45) is -5.24. The van der Waals surface area contributed by atoms with Crippen LogP contribution in [0.5, 0.6) is 0 Å². The fourth-order valence-corrected chi connectivity index (χ4v) is 5.86. The van der Waals surface area contributed by atoms with Gasteiger partial charge in [0.2, 0.25) is 6.17 Å². The lowest BCUT2D eigenvalue weighted by molar-refractivity contribution is -0.173. The molecule has 12 nitrogen and oxygen atoms in total. The first kappa shape index (κ1) is 28.5. The maximum atomic E-state index is 13.4. The van der Waals surface area contributed by atoms with E-state index in [9.17, 15) is 45.3 Å².